The zero-order valence-corrected chi connectivity index (χ0v) is 7.02. The van der Waals surface area contributed by atoms with Crippen molar-refractivity contribution >= 4 is 6.29 Å². The van der Waals surface area contributed by atoms with E-state index in [-0.39, 0.29) is 5.92 Å². The second-order valence-corrected chi connectivity index (χ2v) is 2.52. The molecule has 0 radical (unpaired) electrons. The normalized spacial score (nSPS) is 11.3. The second kappa shape index (κ2) is 7.82. The van der Waals surface area contributed by atoms with E-state index in [9.17, 15) is 4.79 Å². The minimum atomic E-state index is 0.0383. The first-order chi connectivity index (χ1) is 5.85. The van der Waals surface area contributed by atoms with Crippen molar-refractivity contribution in [2.45, 2.75) is 19.3 Å². The highest BCUT2D eigenvalue weighted by molar-refractivity contribution is 5.53. The predicted molar refractivity (Wildman–Crippen MR) is 47.6 cm³/mol. The van der Waals surface area contributed by atoms with Gasteiger partial charge in [0, 0.05) is 17.4 Å². The molecule has 1 atom stereocenters. The van der Waals surface area contributed by atoms with Gasteiger partial charge in [-0.2, -0.15) is 0 Å². The number of aldehydes is 1. The third-order valence-electron chi connectivity index (χ3n) is 1.56. The molecule has 0 saturated heterocycles. The van der Waals surface area contributed by atoms with Crippen LogP contribution < -0.4 is 0 Å². The number of carbonyl (C=O) groups is 1. The van der Waals surface area contributed by atoms with E-state index in [0.717, 1.165) is 19.1 Å². The van der Waals surface area contributed by atoms with Gasteiger partial charge >= 0.3 is 0 Å². The lowest BCUT2D eigenvalue weighted by molar-refractivity contribution is -0.111. The van der Waals surface area contributed by atoms with Crippen LogP contribution in [0.2, 0.25) is 0 Å². The number of azide groups is 1. The molecule has 0 heterocycles. The summed E-state index contributed by atoms with van der Waals surface area (Å²) in [6.07, 6.45) is 4.90. The highest BCUT2D eigenvalue weighted by Crippen LogP contribution is 2.08. The summed E-state index contributed by atoms with van der Waals surface area (Å²) >= 11 is 0. The summed E-state index contributed by atoms with van der Waals surface area (Å²) in [4.78, 5) is 13.0. The van der Waals surface area contributed by atoms with E-state index >= 15 is 0 Å². The zero-order chi connectivity index (χ0) is 9.23. The molecule has 0 spiro atoms. The molecule has 0 saturated carbocycles. The Morgan fingerprint density at radius 1 is 1.67 bits per heavy atom. The number of nitrogens with zero attached hydrogens (tertiary/aromatic N) is 3. The topological polar surface area (TPSA) is 65.8 Å². The Morgan fingerprint density at radius 2 is 2.42 bits per heavy atom. The fourth-order valence-electron chi connectivity index (χ4n) is 0.924. The van der Waals surface area contributed by atoms with Gasteiger partial charge in [0.1, 0.15) is 6.29 Å². The summed E-state index contributed by atoms with van der Waals surface area (Å²) in [5.41, 5.74) is 7.96. The SMILES string of the molecule is C=CCC(C=O)CCCN=[N+]=[N-]. The van der Waals surface area contributed by atoms with Crippen molar-refractivity contribution in [3.8, 4) is 0 Å². The number of carbonyl (C=O) groups excluding carboxylic acids is 1. The van der Waals surface area contributed by atoms with Crippen molar-refractivity contribution in [3.63, 3.8) is 0 Å². The quantitative estimate of drug-likeness (QED) is 0.143. The van der Waals surface area contributed by atoms with Gasteiger partial charge in [-0.05, 0) is 24.8 Å². The Labute approximate surface area is 71.9 Å². The Hall–Kier alpha value is -1.28. The smallest absolute Gasteiger partial charge is 0.123 e. The molecule has 0 aliphatic heterocycles. The molecule has 0 aromatic rings. The van der Waals surface area contributed by atoms with E-state index in [0.29, 0.717) is 13.0 Å². The maximum atomic E-state index is 10.4. The molecule has 0 fully saturated rings. The molecule has 0 bridgehead atoms. The number of rotatable bonds is 7. The van der Waals surface area contributed by atoms with Crippen molar-refractivity contribution in [3.05, 3.63) is 23.1 Å². The molecule has 1 unspecified atom stereocenters. The summed E-state index contributed by atoms with van der Waals surface area (Å²) < 4.78 is 0. The number of hydrogen-bond donors (Lipinski definition) is 0. The van der Waals surface area contributed by atoms with E-state index in [1.54, 1.807) is 6.08 Å². The van der Waals surface area contributed by atoms with Crippen molar-refractivity contribution in [1.82, 2.24) is 0 Å². The van der Waals surface area contributed by atoms with Crippen LogP contribution in [0, 0.1) is 5.92 Å². The average molecular weight is 167 g/mol. The summed E-state index contributed by atoms with van der Waals surface area (Å²) in [5, 5.41) is 3.38. The largest absolute Gasteiger partial charge is 0.303 e. The molecule has 0 amide bonds. The molecule has 66 valence electrons. The molecule has 0 aliphatic rings. The minimum absolute atomic E-state index is 0.0383. The lowest BCUT2D eigenvalue weighted by Crippen LogP contribution is -2.00. The van der Waals surface area contributed by atoms with Gasteiger partial charge in [-0.25, -0.2) is 0 Å². The van der Waals surface area contributed by atoms with Crippen molar-refractivity contribution in [2.24, 2.45) is 11.0 Å². The zero-order valence-electron chi connectivity index (χ0n) is 7.02. The molecule has 0 N–H and O–H groups in total. The maximum Gasteiger partial charge on any atom is 0.123 e. The van der Waals surface area contributed by atoms with Crippen LogP contribution in [0.25, 0.3) is 10.4 Å². The lowest BCUT2D eigenvalue weighted by atomic mass is 10.0. The van der Waals surface area contributed by atoms with Gasteiger partial charge in [-0.1, -0.05) is 11.2 Å². The lowest BCUT2D eigenvalue weighted by Gasteiger charge is -2.04. The van der Waals surface area contributed by atoms with E-state index in [2.05, 4.69) is 16.6 Å². The van der Waals surface area contributed by atoms with Crippen LogP contribution in [0.3, 0.4) is 0 Å². The van der Waals surface area contributed by atoms with Crippen LogP contribution in [0.15, 0.2) is 17.8 Å². The third-order valence-corrected chi connectivity index (χ3v) is 1.56. The van der Waals surface area contributed by atoms with E-state index in [1.807, 2.05) is 0 Å². The molecular weight excluding hydrogens is 154 g/mol. The first kappa shape index (κ1) is 10.7. The summed E-state index contributed by atoms with van der Waals surface area (Å²) in [5.74, 6) is 0.0383. The Kier molecular flexibility index (Phi) is 6.99. The first-order valence-electron chi connectivity index (χ1n) is 3.92. The molecule has 0 aromatic heterocycles. The summed E-state index contributed by atoms with van der Waals surface area (Å²) in [6.45, 7) is 4.02. The molecule has 4 nitrogen and oxygen atoms in total. The standard InChI is InChI=1S/C8H13N3O/c1-2-4-8(7-12)5-3-6-10-11-9/h2,7-8H,1,3-6H2. The van der Waals surface area contributed by atoms with Gasteiger partial charge in [-0.15, -0.1) is 6.58 Å². The Balaban J connectivity index is 3.49. The van der Waals surface area contributed by atoms with E-state index in [1.165, 1.54) is 0 Å². The van der Waals surface area contributed by atoms with Gasteiger partial charge in [0.25, 0.3) is 0 Å². The highest BCUT2D eigenvalue weighted by Gasteiger charge is 2.03. The van der Waals surface area contributed by atoms with Gasteiger partial charge < -0.3 is 4.79 Å². The fourth-order valence-corrected chi connectivity index (χ4v) is 0.924. The third kappa shape index (κ3) is 5.50. The number of hydrogen-bond acceptors (Lipinski definition) is 2. The number of allylic oxidation sites excluding steroid dienone is 1. The molecule has 12 heavy (non-hydrogen) atoms. The van der Waals surface area contributed by atoms with Gasteiger partial charge in [0.05, 0.1) is 0 Å². The molecular formula is C8H13N3O. The predicted octanol–water partition coefficient (Wildman–Crippen LogP) is 2.47. The van der Waals surface area contributed by atoms with Crippen LogP contribution in [0.4, 0.5) is 0 Å². The second-order valence-electron chi connectivity index (χ2n) is 2.52. The highest BCUT2D eigenvalue weighted by atomic mass is 16.1. The first-order valence-corrected chi connectivity index (χ1v) is 3.92. The summed E-state index contributed by atoms with van der Waals surface area (Å²) in [6, 6.07) is 0. The van der Waals surface area contributed by atoms with Crippen LogP contribution in [-0.4, -0.2) is 12.8 Å². The monoisotopic (exact) mass is 167 g/mol. The van der Waals surface area contributed by atoms with Crippen LogP contribution in [0.1, 0.15) is 19.3 Å². The van der Waals surface area contributed by atoms with Crippen LogP contribution >= 0.6 is 0 Å². The minimum Gasteiger partial charge on any atom is -0.303 e. The van der Waals surface area contributed by atoms with Crippen molar-refractivity contribution in [2.75, 3.05) is 6.54 Å². The Morgan fingerprint density at radius 3 is 2.92 bits per heavy atom. The fraction of sp³-hybridized carbons (Fsp3) is 0.625. The van der Waals surface area contributed by atoms with Crippen molar-refractivity contribution < 1.29 is 4.79 Å². The van der Waals surface area contributed by atoms with Gasteiger partial charge in [0.2, 0.25) is 0 Å². The van der Waals surface area contributed by atoms with Crippen LogP contribution in [0.5, 0.6) is 0 Å². The molecule has 4 heteroatoms. The average Bonchev–Trinajstić information content (AvgIpc) is 2.10. The summed E-state index contributed by atoms with van der Waals surface area (Å²) in [7, 11) is 0. The van der Waals surface area contributed by atoms with E-state index in [4.69, 9.17) is 5.53 Å². The van der Waals surface area contributed by atoms with E-state index < -0.39 is 0 Å². The molecule has 0 aliphatic carbocycles. The van der Waals surface area contributed by atoms with Crippen molar-refractivity contribution in [1.29, 1.82) is 0 Å². The Bertz CT molecular complexity index is 185. The van der Waals surface area contributed by atoms with Gasteiger partial charge in [0.15, 0.2) is 0 Å². The maximum absolute atomic E-state index is 10.4. The van der Waals surface area contributed by atoms with Gasteiger partial charge in [-0.3, -0.25) is 0 Å². The van der Waals surface area contributed by atoms with Crippen LogP contribution in [-0.2, 0) is 4.79 Å². The molecule has 0 rings (SSSR count). The molecule has 0 aromatic carbocycles.